The minimum Gasteiger partial charge on any atom is -0.507 e. The minimum atomic E-state index is -0.686. The van der Waals surface area contributed by atoms with Crippen molar-refractivity contribution in [2.24, 2.45) is 0 Å². The van der Waals surface area contributed by atoms with Gasteiger partial charge in [-0.2, -0.15) is 0 Å². The molecule has 1 N–H and O–H groups in total. The van der Waals surface area contributed by atoms with Crippen LogP contribution in [0.15, 0.2) is 83.7 Å². The Bertz CT molecular complexity index is 1400. The number of thiophene rings is 1. The van der Waals surface area contributed by atoms with E-state index in [4.69, 9.17) is 0 Å². The van der Waals surface area contributed by atoms with Gasteiger partial charge in [0.25, 0.3) is 11.7 Å². The summed E-state index contributed by atoms with van der Waals surface area (Å²) in [7, 11) is 0. The van der Waals surface area contributed by atoms with Crippen LogP contribution in [0.5, 0.6) is 0 Å². The van der Waals surface area contributed by atoms with Crippen molar-refractivity contribution in [1.29, 1.82) is 0 Å². The van der Waals surface area contributed by atoms with E-state index < -0.39 is 17.7 Å². The van der Waals surface area contributed by atoms with Crippen molar-refractivity contribution in [3.8, 4) is 0 Å². The SMILES string of the molecule is Cc1ccc(C)c(N2C(=O)C(=O)/C(=C(\O)c3cccc4ccccc34)C2c2cccs2)c1. The topological polar surface area (TPSA) is 57.6 Å². The second-order valence-corrected chi connectivity index (χ2v) is 8.98. The number of aliphatic hydroxyl groups excluding tert-OH is 1. The lowest BCUT2D eigenvalue weighted by molar-refractivity contribution is -0.132. The van der Waals surface area contributed by atoms with Crippen molar-refractivity contribution in [2.45, 2.75) is 19.9 Å². The van der Waals surface area contributed by atoms with Gasteiger partial charge in [-0.15, -0.1) is 11.3 Å². The van der Waals surface area contributed by atoms with Gasteiger partial charge in [-0.05, 0) is 53.3 Å². The first kappa shape index (κ1) is 20.2. The molecule has 4 nitrogen and oxygen atoms in total. The van der Waals surface area contributed by atoms with E-state index in [1.54, 1.807) is 6.07 Å². The fourth-order valence-corrected chi connectivity index (χ4v) is 5.18. The van der Waals surface area contributed by atoms with Gasteiger partial charge in [-0.3, -0.25) is 14.5 Å². The predicted octanol–water partition coefficient (Wildman–Crippen LogP) is 6.14. The Morgan fingerprint density at radius 2 is 1.72 bits per heavy atom. The molecule has 1 unspecified atom stereocenters. The highest BCUT2D eigenvalue weighted by molar-refractivity contribution is 7.10. The number of hydrogen-bond donors (Lipinski definition) is 1. The maximum atomic E-state index is 13.3. The van der Waals surface area contributed by atoms with Gasteiger partial charge in [0.05, 0.1) is 5.57 Å². The summed E-state index contributed by atoms with van der Waals surface area (Å²) in [5, 5.41) is 15.1. The second kappa shape index (κ2) is 7.77. The standard InChI is InChI=1S/C27H21NO3S/c1-16-12-13-17(2)21(15-16)28-24(22-11-6-14-32-22)23(26(30)27(28)31)25(29)20-10-5-8-18-7-3-4-9-19(18)20/h3-15,24,29H,1-2H3/b25-23-. The largest absolute Gasteiger partial charge is 0.507 e. The van der Waals surface area contributed by atoms with Gasteiger partial charge in [-0.1, -0.05) is 60.7 Å². The van der Waals surface area contributed by atoms with Gasteiger partial charge in [0, 0.05) is 16.1 Å². The third kappa shape index (κ3) is 3.13. The lowest BCUT2D eigenvalue weighted by atomic mass is 9.96. The molecule has 0 saturated carbocycles. The number of fused-ring (bicyclic) bond motifs is 1. The highest BCUT2D eigenvalue weighted by atomic mass is 32.1. The van der Waals surface area contributed by atoms with Crippen LogP contribution >= 0.6 is 11.3 Å². The summed E-state index contributed by atoms with van der Waals surface area (Å²) in [4.78, 5) is 29.0. The summed E-state index contributed by atoms with van der Waals surface area (Å²) in [5.41, 5.74) is 3.23. The van der Waals surface area contributed by atoms with Gasteiger partial charge >= 0.3 is 0 Å². The quantitative estimate of drug-likeness (QED) is 0.237. The third-order valence-corrected chi connectivity index (χ3v) is 6.85. The molecule has 0 bridgehead atoms. The Labute approximate surface area is 190 Å². The highest BCUT2D eigenvalue weighted by Gasteiger charge is 2.47. The molecule has 1 aromatic heterocycles. The first-order chi connectivity index (χ1) is 15.5. The maximum absolute atomic E-state index is 13.3. The van der Waals surface area contributed by atoms with Crippen molar-refractivity contribution in [3.63, 3.8) is 0 Å². The summed E-state index contributed by atoms with van der Waals surface area (Å²) < 4.78 is 0. The molecule has 5 rings (SSSR count). The monoisotopic (exact) mass is 439 g/mol. The molecule has 1 amide bonds. The van der Waals surface area contributed by atoms with Crippen LogP contribution in [0.25, 0.3) is 16.5 Å². The van der Waals surface area contributed by atoms with Gasteiger partial charge in [0.15, 0.2) is 0 Å². The number of aryl methyl sites for hydroxylation is 2. The summed E-state index contributed by atoms with van der Waals surface area (Å²) >= 11 is 1.46. The molecule has 1 aliphatic rings. The average Bonchev–Trinajstić information content (AvgIpc) is 3.42. The summed E-state index contributed by atoms with van der Waals surface area (Å²) in [5.74, 6) is -1.44. The fraction of sp³-hybridized carbons (Fsp3) is 0.111. The normalized spacial score (nSPS) is 17.9. The molecule has 5 heteroatoms. The van der Waals surface area contributed by atoms with Crippen LogP contribution in [-0.2, 0) is 9.59 Å². The Balaban J connectivity index is 1.78. The Kier molecular flexibility index (Phi) is 4.91. The van der Waals surface area contributed by atoms with Crippen molar-refractivity contribution >= 4 is 45.2 Å². The summed E-state index contributed by atoms with van der Waals surface area (Å²) in [6, 6.07) is 22.2. The van der Waals surface area contributed by atoms with Crippen LogP contribution in [0.1, 0.15) is 27.6 Å². The van der Waals surface area contributed by atoms with E-state index in [2.05, 4.69) is 0 Å². The number of benzene rings is 3. The molecule has 158 valence electrons. The summed E-state index contributed by atoms with van der Waals surface area (Å²) in [6.07, 6.45) is 0. The van der Waals surface area contributed by atoms with E-state index in [0.717, 1.165) is 26.8 Å². The minimum absolute atomic E-state index is 0.120. The number of Topliss-reactive ketones (excluding diaryl/α,β-unsaturated/α-hetero) is 1. The molecule has 4 aromatic rings. The van der Waals surface area contributed by atoms with E-state index >= 15 is 0 Å². The zero-order chi connectivity index (χ0) is 22.4. The number of carbonyl (C=O) groups excluding carboxylic acids is 2. The van der Waals surface area contributed by atoms with Crippen molar-refractivity contribution in [3.05, 3.63) is 105 Å². The molecule has 0 aliphatic carbocycles. The molecule has 0 spiro atoms. The molecule has 1 fully saturated rings. The van der Waals surface area contributed by atoms with E-state index in [9.17, 15) is 14.7 Å². The number of carbonyl (C=O) groups is 2. The van der Waals surface area contributed by atoms with Crippen LogP contribution in [0.2, 0.25) is 0 Å². The second-order valence-electron chi connectivity index (χ2n) is 8.00. The predicted molar refractivity (Wildman–Crippen MR) is 129 cm³/mol. The third-order valence-electron chi connectivity index (χ3n) is 5.93. The number of anilines is 1. The maximum Gasteiger partial charge on any atom is 0.300 e. The Hall–Kier alpha value is -3.70. The molecular weight excluding hydrogens is 418 g/mol. The number of rotatable bonds is 3. The van der Waals surface area contributed by atoms with Gasteiger partial charge < -0.3 is 5.11 Å². The highest BCUT2D eigenvalue weighted by Crippen LogP contribution is 2.45. The van der Waals surface area contributed by atoms with Gasteiger partial charge in [0.1, 0.15) is 11.8 Å². The van der Waals surface area contributed by atoms with Crippen molar-refractivity contribution in [2.75, 3.05) is 4.90 Å². The van der Waals surface area contributed by atoms with E-state index in [1.165, 1.54) is 16.2 Å². The molecule has 32 heavy (non-hydrogen) atoms. The van der Waals surface area contributed by atoms with E-state index in [1.807, 2.05) is 86.0 Å². The van der Waals surface area contributed by atoms with Gasteiger partial charge in [-0.25, -0.2) is 0 Å². The van der Waals surface area contributed by atoms with Crippen LogP contribution in [0.3, 0.4) is 0 Å². The Morgan fingerprint density at radius 1 is 0.938 bits per heavy atom. The number of ketones is 1. The van der Waals surface area contributed by atoms with Crippen LogP contribution in [0, 0.1) is 13.8 Å². The first-order valence-electron chi connectivity index (χ1n) is 10.4. The Morgan fingerprint density at radius 3 is 2.50 bits per heavy atom. The van der Waals surface area contributed by atoms with Crippen LogP contribution < -0.4 is 4.90 Å². The molecule has 1 saturated heterocycles. The zero-order valence-corrected chi connectivity index (χ0v) is 18.5. The van der Waals surface area contributed by atoms with Crippen molar-refractivity contribution in [1.82, 2.24) is 0 Å². The number of aliphatic hydroxyl groups is 1. The molecule has 0 radical (unpaired) electrons. The molecular formula is C27H21NO3S. The zero-order valence-electron chi connectivity index (χ0n) is 17.7. The first-order valence-corrected chi connectivity index (χ1v) is 11.2. The lowest BCUT2D eigenvalue weighted by Crippen LogP contribution is -2.29. The lowest BCUT2D eigenvalue weighted by Gasteiger charge is -2.26. The van der Waals surface area contributed by atoms with E-state index in [-0.39, 0.29) is 11.3 Å². The number of nitrogens with zero attached hydrogens (tertiary/aromatic N) is 1. The number of hydrogen-bond acceptors (Lipinski definition) is 4. The van der Waals surface area contributed by atoms with E-state index in [0.29, 0.717) is 11.3 Å². The van der Waals surface area contributed by atoms with Crippen molar-refractivity contribution < 1.29 is 14.7 Å². The van der Waals surface area contributed by atoms with Crippen LogP contribution in [-0.4, -0.2) is 16.8 Å². The average molecular weight is 440 g/mol. The summed E-state index contributed by atoms with van der Waals surface area (Å²) in [6.45, 7) is 3.88. The molecule has 3 aromatic carbocycles. The molecule has 1 atom stereocenters. The van der Waals surface area contributed by atoms with Gasteiger partial charge in [0.2, 0.25) is 0 Å². The fourth-order valence-electron chi connectivity index (χ4n) is 4.35. The molecule has 1 aliphatic heterocycles. The molecule has 2 heterocycles. The van der Waals surface area contributed by atoms with Crippen LogP contribution in [0.4, 0.5) is 5.69 Å². The number of amides is 1. The smallest absolute Gasteiger partial charge is 0.300 e.